The van der Waals surface area contributed by atoms with Crippen LogP contribution in [0.2, 0.25) is 0 Å². The normalized spacial score (nSPS) is 11.5. The maximum Gasteiger partial charge on any atom is 0.303 e. The smallest absolute Gasteiger partial charge is 0.303 e. The Morgan fingerprint density at radius 1 is 0.960 bits per heavy atom. The molecule has 3 nitrogen and oxygen atoms in total. The van der Waals surface area contributed by atoms with Crippen LogP contribution in [0.3, 0.4) is 0 Å². The summed E-state index contributed by atoms with van der Waals surface area (Å²) in [6.45, 7) is 6.55. The SMILES string of the molecule is CCCCCc1oc(C=CCCCCCCCCC(=O)O)c(C)c1C. The van der Waals surface area contributed by atoms with Gasteiger partial charge in [-0.1, -0.05) is 51.5 Å². The minimum Gasteiger partial charge on any atom is -0.481 e. The van der Waals surface area contributed by atoms with E-state index in [1.54, 1.807) is 0 Å². The number of carbonyl (C=O) groups is 1. The van der Waals surface area contributed by atoms with Gasteiger partial charge in [-0.05, 0) is 56.7 Å². The Kier molecular flexibility index (Phi) is 11.0. The summed E-state index contributed by atoms with van der Waals surface area (Å²) in [5.74, 6) is 1.51. The predicted octanol–water partition coefficient (Wildman–Crippen LogP) is 6.85. The fourth-order valence-corrected chi connectivity index (χ4v) is 3.05. The zero-order valence-electron chi connectivity index (χ0n) is 16.4. The van der Waals surface area contributed by atoms with Crippen molar-refractivity contribution >= 4 is 12.0 Å². The quantitative estimate of drug-likeness (QED) is 0.374. The van der Waals surface area contributed by atoms with Crippen LogP contribution >= 0.6 is 0 Å². The summed E-state index contributed by atoms with van der Waals surface area (Å²) in [5.41, 5.74) is 2.60. The topological polar surface area (TPSA) is 50.4 Å². The zero-order valence-corrected chi connectivity index (χ0v) is 16.4. The second kappa shape index (κ2) is 12.8. The molecule has 3 heteroatoms. The maximum absolute atomic E-state index is 10.4. The van der Waals surface area contributed by atoms with E-state index in [4.69, 9.17) is 9.52 Å². The summed E-state index contributed by atoms with van der Waals surface area (Å²) < 4.78 is 6.05. The van der Waals surface area contributed by atoms with Crippen LogP contribution in [0.25, 0.3) is 6.08 Å². The van der Waals surface area contributed by atoms with E-state index in [9.17, 15) is 4.79 Å². The van der Waals surface area contributed by atoms with Crippen molar-refractivity contribution in [2.75, 3.05) is 0 Å². The molecule has 0 saturated carbocycles. The summed E-state index contributed by atoms with van der Waals surface area (Å²) >= 11 is 0. The van der Waals surface area contributed by atoms with E-state index in [0.29, 0.717) is 6.42 Å². The molecule has 0 aromatic carbocycles. The van der Waals surface area contributed by atoms with Crippen LogP contribution in [0.4, 0.5) is 0 Å². The Hall–Kier alpha value is -1.51. The van der Waals surface area contributed by atoms with Crippen molar-refractivity contribution in [2.24, 2.45) is 0 Å². The summed E-state index contributed by atoms with van der Waals surface area (Å²) in [7, 11) is 0. The number of allylic oxidation sites excluding steroid dienone is 1. The minimum absolute atomic E-state index is 0.311. The molecule has 142 valence electrons. The predicted molar refractivity (Wildman–Crippen MR) is 105 cm³/mol. The lowest BCUT2D eigenvalue weighted by Crippen LogP contribution is -1.93. The largest absolute Gasteiger partial charge is 0.481 e. The van der Waals surface area contributed by atoms with E-state index in [0.717, 1.165) is 43.6 Å². The molecule has 0 unspecified atom stereocenters. The molecule has 1 aromatic heterocycles. The molecule has 25 heavy (non-hydrogen) atoms. The Bertz CT molecular complexity index is 526. The Morgan fingerprint density at radius 2 is 1.64 bits per heavy atom. The Morgan fingerprint density at radius 3 is 2.32 bits per heavy atom. The van der Waals surface area contributed by atoms with Gasteiger partial charge >= 0.3 is 5.97 Å². The lowest BCUT2D eigenvalue weighted by atomic mass is 10.1. The fourth-order valence-electron chi connectivity index (χ4n) is 3.05. The molecule has 0 fully saturated rings. The van der Waals surface area contributed by atoms with Gasteiger partial charge in [-0.25, -0.2) is 0 Å². The standard InChI is InChI=1S/C22H36O3/c1-4-5-12-15-20-18(2)19(3)21(25-20)16-13-10-8-6-7-9-11-14-17-22(23)24/h13,16H,4-12,14-15,17H2,1-3H3,(H,23,24). The number of aryl methyl sites for hydroxylation is 1. The molecule has 0 radical (unpaired) electrons. The first-order chi connectivity index (χ1) is 12.1. The molecule has 1 heterocycles. The molecule has 0 aliphatic rings. The molecule has 1 aromatic rings. The number of aliphatic carboxylic acids is 1. The molecule has 0 spiro atoms. The highest BCUT2D eigenvalue weighted by Crippen LogP contribution is 2.24. The van der Waals surface area contributed by atoms with Gasteiger partial charge in [0, 0.05) is 12.8 Å². The summed E-state index contributed by atoms with van der Waals surface area (Å²) in [6.07, 6.45) is 17.1. The zero-order chi connectivity index (χ0) is 18.5. The molecular weight excluding hydrogens is 312 g/mol. The van der Waals surface area contributed by atoms with Crippen LogP contribution in [0.15, 0.2) is 10.5 Å². The monoisotopic (exact) mass is 348 g/mol. The third-order valence-corrected chi connectivity index (χ3v) is 4.87. The van der Waals surface area contributed by atoms with Gasteiger partial charge in [0.25, 0.3) is 0 Å². The van der Waals surface area contributed by atoms with E-state index >= 15 is 0 Å². The van der Waals surface area contributed by atoms with E-state index < -0.39 is 5.97 Å². The summed E-state index contributed by atoms with van der Waals surface area (Å²) in [4.78, 5) is 10.4. The number of furan rings is 1. The first-order valence-electron chi connectivity index (χ1n) is 10.0. The van der Waals surface area contributed by atoms with Crippen molar-refractivity contribution in [3.05, 3.63) is 28.7 Å². The van der Waals surface area contributed by atoms with Gasteiger partial charge in [0.1, 0.15) is 11.5 Å². The minimum atomic E-state index is -0.679. The highest BCUT2D eigenvalue weighted by molar-refractivity contribution is 5.66. The van der Waals surface area contributed by atoms with Crippen LogP contribution in [0.1, 0.15) is 100 Å². The van der Waals surface area contributed by atoms with Crippen molar-refractivity contribution in [1.29, 1.82) is 0 Å². The van der Waals surface area contributed by atoms with Crippen molar-refractivity contribution in [1.82, 2.24) is 0 Å². The molecule has 0 aliphatic carbocycles. The molecule has 1 N–H and O–H groups in total. The molecule has 0 aliphatic heterocycles. The van der Waals surface area contributed by atoms with Crippen LogP contribution in [-0.2, 0) is 11.2 Å². The average Bonchev–Trinajstić information content (AvgIpc) is 2.84. The van der Waals surface area contributed by atoms with E-state index in [1.807, 2.05) is 0 Å². The van der Waals surface area contributed by atoms with Gasteiger partial charge in [0.05, 0.1) is 0 Å². The number of carboxylic acids is 1. The third kappa shape index (κ3) is 8.94. The molecule has 1 rings (SSSR count). The van der Waals surface area contributed by atoms with Gasteiger partial charge in [-0.15, -0.1) is 0 Å². The van der Waals surface area contributed by atoms with Crippen LogP contribution in [0, 0.1) is 13.8 Å². The number of hydrogen-bond acceptors (Lipinski definition) is 2. The second-order valence-electron chi connectivity index (χ2n) is 7.05. The van der Waals surface area contributed by atoms with Crippen molar-refractivity contribution < 1.29 is 14.3 Å². The highest BCUT2D eigenvalue weighted by Gasteiger charge is 2.10. The maximum atomic E-state index is 10.4. The summed E-state index contributed by atoms with van der Waals surface area (Å²) in [5, 5.41) is 8.58. The number of hydrogen-bond donors (Lipinski definition) is 1. The lowest BCUT2D eigenvalue weighted by molar-refractivity contribution is -0.137. The first-order valence-corrected chi connectivity index (χ1v) is 10.0. The first kappa shape index (κ1) is 21.5. The molecule has 0 atom stereocenters. The van der Waals surface area contributed by atoms with Crippen LogP contribution in [0.5, 0.6) is 0 Å². The Balaban J connectivity index is 2.21. The lowest BCUT2D eigenvalue weighted by Gasteiger charge is -1.99. The van der Waals surface area contributed by atoms with Gasteiger partial charge in [0.15, 0.2) is 0 Å². The number of rotatable bonds is 14. The van der Waals surface area contributed by atoms with E-state index in [2.05, 4.69) is 32.9 Å². The van der Waals surface area contributed by atoms with Crippen LogP contribution in [-0.4, -0.2) is 11.1 Å². The van der Waals surface area contributed by atoms with Gasteiger partial charge < -0.3 is 9.52 Å². The van der Waals surface area contributed by atoms with E-state index in [-0.39, 0.29) is 0 Å². The van der Waals surface area contributed by atoms with Crippen molar-refractivity contribution in [2.45, 2.75) is 97.8 Å². The Labute approximate surface area is 153 Å². The average molecular weight is 349 g/mol. The molecule has 0 amide bonds. The molecule has 0 bridgehead atoms. The highest BCUT2D eigenvalue weighted by atomic mass is 16.4. The van der Waals surface area contributed by atoms with Crippen molar-refractivity contribution in [3.8, 4) is 0 Å². The van der Waals surface area contributed by atoms with Gasteiger partial charge in [-0.2, -0.15) is 0 Å². The van der Waals surface area contributed by atoms with Gasteiger partial charge in [-0.3, -0.25) is 4.79 Å². The third-order valence-electron chi connectivity index (χ3n) is 4.87. The second-order valence-corrected chi connectivity index (χ2v) is 7.05. The number of carboxylic acid groups (broad SMARTS) is 1. The molecule has 0 saturated heterocycles. The van der Waals surface area contributed by atoms with E-state index in [1.165, 1.54) is 49.7 Å². The number of unbranched alkanes of at least 4 members (excludes halogenated alkanes) is 8. The molecular formula is C22H36O3. The van der Waals surface area contributed by atoms with Gasteiger partial charge in [0.2, 0.25) is 0 Å². The van der Waals surface area contributed by atoms with Crippen molar-refractivity contribution in [3.63, 3.8) is 0 Å². The van der Waals surface area contributed by atoms with Crippen LogP contribution < -0.4 is 0 Å². The fraction of sp³-hybridized carbons (Fsp3) is 0.682. The summed E-state index contributed by atoms with van der Waals surface area (Å²) in [6, 6.07) is 0.